The molecule has 0 amide bonds. The van der Waals surface area contributed by atoms with Gasteiger partial charge in [0.15, 0.2) is 0 Å². The monoisotopic (exact) mass is 496 g/mol. The quantitative estimate of drug-likeness (QED) is 0.244. The molecule has 5 aromatic rings. The molecular weight excluding hydrogens is 468 g/mol. The molecule has 0 radical (unpaired) electrons. The first-order valence-corrected chi connectivity index (χ1v) is 13.3. The van der Waals surface area contributed by atoms with Gasteiger partial charge in [-0.2, -0.15) is 0 Å². The molecule has 0 aliphatic carbocycles. The molecule has 38 heavy (non-hydrogen) atoms. The third kappa shape index (κ3) is 4.43. The van der Waals surface area contributed by atoms with Crippen LogP contribution < -0.4 is 0 Å². The average Bonchev–Trinajstić information content (AvgIpc) is 3.62. The zero-order valence-electron chi connectivity index (χ0n) is 21.1. The number of hydrogen-bond donors (Lipinski definition) is 0. The molecular formula is C34H28N2O2. The summed E-state index contributed by atoms with van der Waals surface area (Å²) in [6, 6.07) is 38.4. The lowest BCUT2D eigenvalue weighted by Crippen LogP contribution is -2.09. The highest BCUT2D eigenvalue weighted by Crippen LogP contribution is 2.31. The van der Waals surface area contributed by atoms with Crippen molar-refractivity contribution in [3.63, 3.8) is 0 Å². The van der Waals surface area contributed by atoms with E-state index in [0.29, 0.717) is 13.2 Å². The molecule has 186 valence electrons. The minimum atomic E-state index is 0.126. The SMILES string of the molecule is c1ccc(CC2COC(c3cccc4cc5cccc(C6=NC(Cc7ccccc7)CO6)c5cc34)=N2)cc1. The molecule has 2 unspecified atom stereocenters. The highest BCUT2D eigenvalue weighted by Gasteiger charge is 2.24. The fraction of sp³-hybridized carbons (Fsp3) is 0.176. The van der Waals surface area contributed by atoms with E-state index >= 15 is 0 Å². The number of hydrogen-bond acceptors (Lipinski definition) is 4. The van der Waals surface area contributed by atoms with E-state index in [1.807, 2.05) is 12.1 Å². The van der Waals surface area contributed by atoms with Crippen molar-refractivity contribution in [3.05, 3.63) is 131 Å². The van der Waals surface area contributed by atoms with Crippen LogP contribution in [0.1, 0.15) is 22.3 Å². The van der Waals surface area contributed by atoms with Crippen LogP contribution >= 0.6 is 0 Å². The Kier molecular flexibility index (Phi) is 5.86. The Labute approximate surface area is 222 Å². The first kappa shape index (κ1) is 22.7. The van der Waals surface area contributed by atoms with Crippen molar-refractivity contribution in [1.29, 1.82) is 0 Å². The lowest BCUT2D eigenvalue weighted by molar-refractivity contribution is 0.317. The van der Waals surface area contributed by atoms with Crippen molar-refractivity contribution in [2.75, 3.05) is 13.2 Å². The Morgan fingerprint density at radius 2 is 1.00 bits per heavy atom. The lowest BCUT2D eigenvalue weighted by atomic mass is 9.96. The molecule has 7 rings (SSSR count). The Morgan fingerprint density at radius 3 is 1.47 bits per heavy atom. The normalized spacial score (nSPS) is 18.7. The van der Waals surface area contributed by atoms with Crippen LogP contribution in [-0.2, 0) is 22.3 Å². The molecule has 5 aromatic carbocycles. The highest BCUT2D eigenvalue weighted by atomic mass is 16.5. The van der Waals surface area contributed by atoms with Gasteiger partial charge in [0.2, 0.25) is 11.8 Å². The maximum absolute atomic E-state index is 6.15. The van der Waals surface area contributed by atoms with Gasteiger partial charge in [0, 0.05) is 11.1 Å². The third-order valence-corrected chi connectivity index (χ3v) is 7.39. The van der Waals surface area contributed by atoms with Gasteiger partial charge in [0.25, 0.3) is 0 Å². The first-order valence-electron chi connectivity index (χ1n) is 13.3. The number of aliphatic imine (C=N–C) groups is 2. The van der Waals surface area contributed by atoms with E-state index in [1.54, 1.807) is 0 Å². The van der Waals surface area contributed by atoms with Crippen LogP contribution in [0.25, 0.3) is 21.5 Å². The number of nitrogens with zero attached hydrogens (tertiary/aromatic N) is 2. The van der Waals surface area contributed by atoms with Crippen molar-refractivity contribution in [3.8, 4) is 0 Å². The van der Waals surface area contributed by atoms with Gasteiger partial charge in [-0.15, -0.1) is 0 Å². The van der Waals surface area contributed by atoms with Crippen molar-refractivity contribution in [2.45, 2.75) is 24.9 Å². The molecule has 0 spiro atoms. The van der Waals surface area contributed by atoms with Crippen LogP contribution in [0.15, 0.2) is 119 Å². The summed E-state index contributed by atoms with van der Waals surface area (Å²) >= 11 is 0. The second-order valence-corrected chi connectivity index (χ2v) is 10.1. The van der Waals surface area contributed by atoms with Crippen molar-refractivity contribution >= 4 is 33.3 Å². The van der Waals surface area contributed by atoms with E-state index < -0.39 is 0 Å². The van der Waals surface area contributed by atoms with Crippen LogP contribution in [0.5, 0.6) is 0 Å². The van der Waals surface area contributed by atoms with Gasteiger partial charge in [-0.1, -0.05) is 84.9 Å². The maximum atomic E-state index is 6.15. The van der Waals surface area contributed by atoms with Gasteiger partial charge in [-0.3, -0.25) is 0 Å². The van der Waals surface area contributed by atoms with Crippen LogP contribution in [-0.4, -0.2) is 37.1 Å². The molecule has 0 bridgehead atoms. The van der Waals surface area contributed by atoms with E-state index in [4.69, 9.17) is 19.5 Å². The summed E-state index contributed by atoms with van der Waals surface area (Å²) in [5.41, 5.74) is 4.63. The van der Waals surface area contributed by atoms with Crippen LogP contribution in [0.2, 0.25) is 0 Å². The second kappa shape index (κ2) is 9.79. The summed E-state index contributed by atoms with van der Waals surface area (Å²) in [5, 5.41) is 4.60. The van der Waals surface area contributed by atoms with E-state index in [-0.39, 0.29) is 12.1 Å². The van der Waals surface area contributed by atoms with Gasteiger partial charge in [0.1, 0.15) is 13.2 Å². The Morgan fingerprint density at radius 1 is 0.526 bits per heavy atom. The van der Waals surface area contributed by atoms with Gasteiger partial charge in [-0.25, -0.2) is 9.98 Å². The van der Waals surface area contributed by atoms with E-state index in [1.165, 1.54) is 21.9 Å². The number of benzene rings is 5. The Balaban J connectivity index is 1.24. The van der Waals surface area contributed by atoms with Crippen molar-refractivity contribution in [2.24, 2.45) is 9.98 Å². The third-order valence-electron chi connectivity index (χ3n) is 7.39. The molecule has 0 fully saturated rings. The Bertz CT molecular complexity index is 1550. The minimum Gasteiger partial charge on any atom is -0.475 e. The molecule has 0 saturated carbocycles. The highest BCUT2D eigenvalue weighted by molar-refractivity contribution is 6.15. The molecule has 4 heteroatoms. The fourth-order valence-electron chi connectivity index (χ4n) is 5.53. The van der Waals surface area contributed by atoms with Gasteiger partial charge in [-0.05, 0) is 69.8 Å². The zero-order valence-corrected chi connectivity index (χ0v) is 21.1. The molecule has 2 aliphatic heterocycles. The topological polar surface area (TPSA) is 43.2 Å². The van der Waals surface area contributed by atoms with Crippen LogP contribution in [0.3, 0.4) is 0 Å². The molecule has 0 N–H and O–H groups in total. The minimum absolute atomic E-state index is 0.126. The van der Waals surface area contributed by atoms with Crippen molar-refractivity contribution in [1.82, 2.24) is 0 Å². The summed E-state index contributed by atoms with van der Waals surface area (Å²) in [5.74, 6) is 1.46. The van der Waals surface area contributed by atoms with Gasteiger partial charge in [0.05, 0.1) is 12.1 Å². The molecule has 0 saturated heterocycles. The molecule has 2 aliphatic rings. The fourth-order valence-corrected chi connectivity index (χ4v) is 5.53. The van der Waals surface area contributed by atoms with E-state index in [0.717, 1.165) is 46.5 Å². The number of rotatable bonds is 6. The van der Waals surface area contributed by atoms with E-state index in [9.17, 15) is 0 Å². The average molecular weight is 497 g/mol. The second-order valence-electron chi connectivity index (χ2n) is 10.1. The predicted octanol–water partition coefficient (Wildman–Crippen LogP) is 6.77. The standard InChI is InChI=1S/C34H28N2O2/c1-3-9-23(10-4-1)17-27-21-37-33(35-27)29-15-7-13-25-19-26-14-8-16-30(32(26)20-31(25)29)34-36-28(22-38-34)18-24-11-5-2-6-12-24/h1-16,19-20,27-28H,17-18,21-22H2. The maximum Gasteiger partial charge on any atom is 0.217 e. The molecule has 0 aromatic heterocycles. The first-order chi connectivity index (χ1) is 18.8. The summed E-state index contributed by atoms with van der Waals surface area (Å²) in [6.45, 7) is 1.21. The summed E-state index contributed by atoms with van der Waals surface area (Å²) < 4.78 is 12.3. The van der Waals surface area contributed by atoms with Crippen molar-refractivity contribution < 1.29 is 9.47 Å². The van der Waals surface area contributed by atoms with Gasteiger partial charge >= 0.3 is 0 Å². The summed E-state index contributed by atoms with van der Waals surface area (Å²) in [7, 11) is 0. The molecule has 4 nitrogen and oxygen atoms in total. The summed E-state index contributed by atoms with van der Waals surface area (Å²) in [6.07, 6.45) is 1.76. The Hall–Kier alpha value is -4.44. The van der Waals surface area contributed by atoms with E-state index in [2.05, 4.69) is 97.1 Å². The predicted molar refractivity (Wildman–Crippen MR) is 154 cm³/mol. The molecule has 2 atom stereocenters. The number of ether oxygens (including phenoxy) is 2. The molecule has 2 heterocycles. The zero-order chi connectivity index (χ0) is 25.3. The smallest absolute Gasteiger partial charge is 0.217 e. The lowest BCUT2D eigenvalue weighted by Gasteiger charge is -2.11. The number of fused-ring (bicyclic) bond motifs is 2. The largest absolute Gasteiger partial charge is 0.475 e. The summed E-state index contributed by atoms with van der Waals surface area (Å²) in [4.78, 5) is 9.96. The van der Waals surface area contributed by atoms with Gasteiger partial charge < -0.3 is 9.47 Å². The van der Waals surface area contributed by atoms with Crippen LogP contribution in [0.4, 0.5) is 0 Å². The van der Waals surface area contributed by atoms with Crippen LogP contribution in [0, 0.1) is 0 Å².